The summed E-state index contributed by atoms with van der Waals surface area (Å²) in [7, 11) is 0. The molecule has 0 unspecified atom stereocenters. The van der Waals surface area contributed by atoms with Gasteiger partial charge in [-0.3, -0.25) is 14.4 Å². The minimum atomic E-state index is -0.580. The third-order valence-corrected chi connectivity index (χ3v) is 5.75. The van der Waals surface area contributed by atoms with E-state index in [0.717, 1.165) is 5.56 Å². The lowest BCUT2D eigenvalue weighted by molar-refractivity contribution is -0.122. The van der Waals surface area contributed by atoms with Gasteiger partial charge in [0.25, 0.3) is 5.91 Å². The van der Waals surface area contributed by atoms with Gasteiger partial charge in [-0.15, -0.1) is 0 Å². The minimum Gasteiger partial charge on any atom is -0.348 e. The molecule has 8 heteroatoms. The Balaban J connectivity index is 1.42. The number of benzene rings is 3. The van der Waals surface area contributed by atoms with Crippen molar-refractivity contribution in [2.45, 2.75) is 13.0 Å². The van der Waals surface area contributed by atoms with Crippen molar-refractivity contribution in [1.82, 2.24) is 5.32 Å². The molecule has 3 amide bonds. The van der Waals surface area contributed by atoms with Gasteiger partial charge < -0.3 is 15.5 Å². The van der Waals surface area contributed by atoms with E-state index < -0.39 is 5.92 Å². The summed E-state index contributed by atoms with van der Waals surface area (Å²) in [6, 6.07) is 19.4. The van der Waals surface area contributed by atoms with Gasteiger partial charge in [0.1, 0.15) is 5.82 Å². The van der Waals surface area contributed by atoms with Gasteiger partial charge in [0.15, 0.2) is 0 Å². The highest BCUT2D eigenvalue weighted by Crippen LogP contribution is 2.31. The molecule has 0 radical (unpaired) electrons. The van der Waals surface area contributed by atoms with E-state index in [1.807, 2.05) is 0 Å². The van der Waals surface area contributed by atoms with E-state index in [1.54, 1.807) is 60.7 Å². The first kappa shape index (κ1) is 22.5. The maximum atomic E-state index is 13.1. The Bertz CT molecular complexity index is 1200. The lowest BCUT2D eigenvalue weighted by atomic mass is 10.1. The Labute approximate surface area is 195 Å². The number of para-hydroxylation sites is 2. The molecule has 1 saturated heterocycles. The van der Waals surface area contributed by atoms with Crippen LogP contribution in [-0.2, 0) is 16.1 Å². The van der Waals surface area contributed by atoms with E-state index in [1.165, 1.54) is 17.0 Å². The number of hydrogen-bond acceptors (Lipinski definition) is 3. The van der Waals surface area contributed by atoms with Crippen LogP contribution in [0.1, 0.15) is 22.3 Å². The fourth-order valence-electron chi connectivity index (χ4n) is 3.69. The Morgan fingerprint density at radius 3 is 2.45 bits per heavy atom. The second-order valence-corrected chi connectivity index (χ2v) is 8.11. The summed E-state index contributed by atoms with van der Waals surface area (Å²) in [5.41, 5.74) is 1.96. The second-order valence-electron chi connectivity index (χ2n) is 7.70. The summed E-state index contributed by atoms with van der Waals surface area (Å²) in [6.07, 6.45) is 0.0516. The van der Waals surface area contributed by atoms with Crippen molar-refractivity contribution in [3.05, 3.63) is 94.8 Å². The summed E-state index contributed by atoms with van der Waals surface area (Å²) in [5.74, 6) is -1.85. The number of carbonyl (C=O) groups excluding carboxylic acids is 3. The van der Waals surface area contributed by atoms with Crippen LogP contribution in [0.2, 0.25) is 5.02 Å². The molecule has 4 rings (SSSR count). The molecule has 3 aromatic carbocycles. The third-order valence-electron chi connectivity index (χ3n) is 5.43. The molecule has 1 heterocycles. The summed E-state index contributed by atoms with van der Waals surface area (Å²) in [4.78, 5) is 39.7. The zero-order valence-electron chi connectivity index (χ0n) is 17.6. The van der Waals surface area contributed by atoms with Gasteiger partial charge >= 0.3 is 0 Å². The lowest BCUT2D eigenvalue weighted by Crippen LogP contribution is -2.29. The molecular weight excluding hydrogens is 445 g/mol. The first-order valence-corrected chi connectivity index (χ1v) is 10.8. The van der Waals surface area contributed by atoms with E-state index in [0.29, 0.717) is 22.0 Å². The standard InChI is InChI=1S/C25H21ClFN3O3/c26-20-6-2-4-8-22(20)30-15-17(13-23(30)31)24(32)29-21-7-3-1-5-19(21)25(33)28-14-16-9-11-18(27)12-10-16/h1-12,17H,13-15H2,(H,28,33)(H,29,32)/t17-/m1/s1. The first-order chi connectivity index (χ1) is 15.9. The topological polar surface area (TPSA) is 78.5 Å². The first-order valence-electron chi connectivity index (χ1n) is 10.4. The molecule has 6 nitrogen and oxygen atoms in total. The molecule has 1 fully saturated rings. The average molecular weight is 466 g/mol. The Kier molecular flexibility index (Phi) is 6.70. The number of rotatable bonds is 6. The van der Waals surface area contributed by atoms with Crippen molar-refractivity contribution in [1.29, 1.82) is 0 Å². The lowest BCUT2D eigenvalue weighted by Gasteiger charge is -2.18. The van der Waals surface area contributed by atoms with Gasteiger partial charge in [0.05, 0.1) is 27.9 Å². The van der Waals surface area contributed by atoms with Crippen LogP contribution in [0.5, 0.6) is 0 Å². The molecule has 33 heavy (non-hydrogen) atoms. The van der Waals surface area contributed by atoms with Gasteiger partial charge in [-0.1, -0.05) is 48.0 Å². The molecule has 0 spiro atoms. The van der Waals surface area contributed by atoms with Crippen molar-refractivity contribution in [2.75, 3.05) is 16.8 Å². The summed E-state index contributed by atoms with van der Waals surface area (Å²) in [6.45, 7) is 0.415. The number of nitrogens with one attached hydrogen (secondary N) is 2. The third kappa shape index (κ3) is 5.21. The maximum absolute atomic E-state index is 13.1. The zero-order chi connectivity index (χ0) is 23.4. The molecule has 3 aromatic rings. The predicted octanol–water partition coefficient (Wildman–Crippen LogP) is 4.40. The SMILES string of the molecule is O=C(NCc1ccc(F)cc1)c1ccccc1NC(=O)[C@@H]1CC(=O)N(c2ccccc2Cl)C1. The zero-order valence-corrected chi connectivity index (χ0v) is 18.3. The summed E-state index contributed by atoms with van der Waals surface area (Å²) < 4.78 is 13.1. The Hall–Kier alpha value is -3.71. The number of hydrogen-bond donors (Lipinski definition) is 2. The van der Waals surface area contributed by atoms with Gasteiger partial charge in [-0.05, 0) is 42.0 Å². The van der Waals surface area contributed by atoms with Crippen LogP contribution >= 0.6 is 11.6 Å². The summed E-state index contributed by atoms with van der Waals surface area (Å²) >= 11 is 6.21. The molecule has 1 aliphatic rings. The van der Waals surface area contributed by atoms with Crippen molar-refractivity contribution in [2.24, 2.45) is 5.92 Å². The molecule has 1 aliphatic heterocycles. The number of amides is 3. The number of carbonyl (C=O) groups is 3. The van der Waals surface area contributed by atoms with Gasteiger partial charge in [0, 0.05) is 19.5 Å². The van der Waals surface area contributed by atoms with Crippen LogP contribution in [0.25, 0.3) is 0 Å². The van der Waals surface area contributed by atoms with Crippen molar-refractivity contribution in [3.63, 3.8) is 0 Å². The highest BCUT2D eigenvalue weighted by molar-refractivity contribution is 6.34. The van der Waals surface area contributed by atoms with E-state index in [4.69, 9.17) is 11.6 Å². The fraction of sp³-hybridized carbons (Fsp3) is 0.160. The van der Waals surface area contributed by atoms with E-state index >= 15 is 0 Å². The molecule has 0 aliphatic carbocycles. The highest BCUT2D eigenvalue weighted by Gasteiger charge is 2.36. The monoisotopic (exact) mass is 465 g/mol. The van der Waals surface area contributed by atoms with E-state index in [-0.39, 0.29) is 43.0 Å². The Morgan fingerprint density at radius 2 is 1.70 bits per heavy atom. The van der Waals surface area contributed by atoms with Gasteiger partial charge in [0.2, 0.25) is 11.8 Å². The number of nitrogens with zero attached hydrogens (tertiary/aromatic N) is 1. The van der Waals surface area contributed by atoms with Crippen LogP contribution in [0.3, 0.4) is 0 Å². The van der Waals surface area contributed by atoms with Crippen molar-refractivity contribution < 1.29 is 18.8 Å². The van der Waals surface area contributed by atoms with Crippen LogP contribution in [0.15, 0.2) is 72.8 Å². The fourth-order valence-corrected chi connectivity index (χ4v) is 3.93. The molecule has 168 valence electrons. The summed E-state index contributed by atoms with van der Waals surface area (Å²) in [5, 5.41) is 5.99. The maximum Gasteiger partial charge on any atom is 0.253 e. The Morgan fingerprint density at radius 1 is 1.00 bits per heavy atom. The van der Waals surface area contributed by atoms with Crippen LogP contribution < -0.4 is 15.5 Å². The van der Waals surface area contributed by atoms with Gasteiger partial charge in [-0.2, -0.15) is 0 Å². The normalized spacial score (nSPS) is 15.4. The van der Waals surface area contributed by atoms with Crippen molar-refractivity contribution in [3.8, 4) is 0 Å². The molecular formula is C25H21ClFN3O3. The highest BCUT2D eigenvalue weighted by atomic mass is 35.5. The smallest absolute Gasteiger partial charge is 0.253 e. The minimum absolute atomic E-state index is 0.0516. The van der Waals surface area contributed by atoms with E-state index in [2.05, 4.69) is 10.6 Å². The molecule has 0 bridgehead atoms. The average Bonchev–Trinajstić information content (AvgIpc) is 3.20. The second kappa shape index (κ2) is 9.83. The predicted molar refractivity (Wildman–Crippen MR) is 125 cm³/mol. The van der Waals surface area contributed by atoms with Crippen LogP contribution in [-0.4, -0.2) is 24.3 Å². The molecule has 0 aromatic heterocycles. The van der Waals surface area contributed by atoms with Crippen LogP contribution in [0.4, 0.5) is 15.8 Å². The number of halogens is 2. The van der Waals surface area contributed by atoms with E-state index in [9.17, 15) is 18.8 Å². The molecule has 0 saturated carbocycles. The largest absolute Gasteiger partial charge is 0.348 e. The molecule has 2 N–H and O–H groups in total. The van der Waals surface area contributed by atoms with Crippen LogP contribution in [0, 0.1) is 11.7 Å². The van der Waals surface area contributed by atoms with Gasteiger partial charge in [-0.25, -0.2) is 4.39 Å². The quantitative estimate of drug-likeness (QED) is 0.566. The molecule has 1 atom stereocenters. The number of anilines is 2. The van der Waals surface area contributed by atoms with Crippen molar-refractivity contribution >= 4 is 40.7 Å².